The summed E-state index contributed by atoms with van der Waals surface area (Å²) in [6.45, 7) is 3.25. The molecule has 2 heterocycles. The molecule has 24 heavy (non-hydrogen) atoms. The highest BCUT2D eigenvalue weighted by Crippen LogP contribution is 2.23. The molecule has 1 amide bonds. The van der Waals surface area contributed by atoms with Gasteiger partial charge >= 0.3 is 0 Å². The van der Waals surface area contributed by atoms with Crippen molar-refractivity contribution in [3.8, 4) is 5.69 Å². The van der Waals surface area contributed by atoms with Crippen molar-refractivity contribution in [3.05, 3.63) is 40.9 Å². The van der Waals surface area contributed by atoms with Gasteiger partial charge in [0.2, 0.25) is 5.82 Å². The quantitative estimate of drug-likeness (QED) is 0.901. The van der Waals surface area contributed by atoms with Crippen LogP contribution in [0, 0.1) is 0 Å². The number of carbonyl (C=O) groups excluding carboxylic acids is 1. The van der Waals surface area contributed by atoms with Crippen molar-refractivity contribution in [3.63, 3.8) is 0 Å². The summed E-state index contributed by atoms with van der Waals surface area (Å²) in [5, 5.41) is 5.05. The normalized spacial score (nSPS) is 17.5. The van der Waals surface area contributed by atoms with Gasteiger partial charge in [-0.2, -0.15) is 0 Å². The zero-order valence-electron chi connectivity index (χ0n) is 13.8. The van der Waals surface area contributed by atoms with E-state index in [4.69, 9.17) is 17.3 Å². The molecule has 6 nitrogen and oxygen atoms in total. The van der Waals surface area contributed by atoms with Gasteiger partial charge in [0.15, 0.2) is 0 Å². The second-order valence-electron chi connectivity index (χ2n) is 6.00. The number of hydrogen-bond donors (Lipinski definition) is 1. The summed E-state index contributed by atoms with van der Waals surface area (Å²) in [5.74, 6) is 0.822. The number of para-hydroxylation sites is 1. The summed E-state index contributed by atoms with van der Waals surface area (Å²) in [4.78, 5) is 19.1. The second-order valence-corrected chi connectivity index (χ2v) is 6.40. The van der Waals surface area contributed by atoms with E-state index < -0.39 is 0 Å². The molecule has 1 aliphatic heterocycles. The fourth-order valence-corrected chi connectivity index (χ4v) is 3.33. The van der Waals surface area contributed by atoms with Crippen LogP contribution in [0.4, 0.5) is 0 Å². The van der Waals surface area contributed by atoms with Gasteiger partial charge in [-0.25, -0.2) is 9.67 Å². The number of halogens is 1. The maximum Gasteiger partial charge on any atom is 0.293 e. The van der Waals surface area contributed by atoms with Gasteiger partial charge in [0.25, 0.3) is 5.91 Å². The lowest BCUT2D eigenvalue weighted by atomic mass is 10.2. The summed E-state index contributed by atoms with van der Waals surface area (Å²) in [5.41, 5.74) is 6.52. The second kappa shape index (κ2) is 7.32. The van der Waals surface area contributed by atoms with E-state index in [-0.39, 0.29) is 17.8 Å². The van der Waals surface area contributed by atoms with Gasteiger partial charge in [0.1, 0.15) is 5.82 Å². The van der Waals surface area contributed by atoms with Crippen LogP contribution in [0.3, 0.4) is 0 Å². The molecule has 0 spiro atoms. The highest BCUT2D eigenvalue weighted by atomic mass is 35.5. The average molecular weight is 348 g/mol. The molecule has 1 fully saturated rings. The smallest absolute Gasteiger partial charge is 0.293 e. The molecular formula is C17H22ClN5O. The number of hydrogen-bond acceptors (Lipinski definition) is 4. The van der Waals surface area contributed by atoms with Crippen molar-refractivity contribution in [1.82, 2.24) is 19.7 Å². The van der Waals surface area contributed by atoms with E-state index in [0.29, 0.717) is 18.1 Å². The van der Waals surface area contributed by atoms with E-state index in [2.05, 4.69) is 17.0 Å². The van der Waals surface area contributed by atoms with Gasteiger partial charge in [0, 0.05) is 25.6 Å². The highest BCUT2D eigenvalue weighted by molar-refractivity contribution is 6.32. The monoisotopic (exact) mass is 347 g/mol. The maximum atomic E-state index is 12.8. The lowest BCUT2D eigenvalue weighted by Gasteiger charge is -2.21. The topological polar surface area (TPSA) is 77.0 Å². The molecule has 1 aromatic heterocycles. The predicted octanol–water partition coefficient (Wildman–Crippen LogP) is 2.44. The maximum absolute atomic E-state index is 12.8. The number of aromatic nitrogens is 3. The molecule has 2 aromatic rings. The first-order valence-electron chi connectivity index (χ1n) is 8.37. The Morgan fingerprint density at radius 1 is 1.42 bits per heavy atom. The van der Waals surface area contributed by atoms with Gasteiger partial charge in [-0.1, -0.05) is 30.7 Å². The van der Waals surface area contributed by atoms with Crippen LogP contribution in [0.1, 0.15) is 42.6 Å². The Morgan fingerprint density at radius 2 is 2.21 bits per heavy atom. The zero-order valence-corrected chi connectivity index (χ0v) is 14.5. The zero-order chi connectivity index (χ0) is 17.1. The molecule has 1 atom stereocenters. The number of nitrogens with two attached hydrogens (primary N) is 1. The average Bonchev–Trinajstić information content (AvgIpc) is 3.22. The van der Waals surface area contributed by atoms with Gasteiger partial charge in [0.05, 0.1) is 10.7 Å². The van der Waals surface area contributed by atoms with E-state index in [0.717, 1.165) is 37.2 Å². The molecule has 0 bridgehead atoms. The first-order chi connectivity index (χ1) is 11.7. The van der Waals surface area contributed by atoms with Crippen LogP contribution < -0.4 is 5.73 Å². The minimum absolute atomic E-state index is 0.0828. The molecule has 1 saturated heterocycles. The first kappa shape index (κ1) is 16.9. The van der Waals surface area contributed by atoms with E-state index in [9.17, 15) is 4.79 Å². The molecule has 1 aliphatic rings. The third-order valence-electron chi connectivity index (χ3n) is 4.33. The van der Waals surface area contributed by atoms with Crippen LogP contribution in [0.2, 0.25) is 5.02 Å². The molecular weight excluding hydrogens is 326 g/mol. The molecule has 0 saturated carbocycles. The summed E-state index contributed by atoms with van der Waals surface area (Å²) in [6.07, 6.45) is 3.55. The van der Waals surface area contributed by atoms with E-state index in [1.807, 2.05) is 18.2 Å². The van der Waals surface area contributed by atoms with Crippen molar-refractivity contribution in [2.75, 3.05) is 13.1 Å². The number of nitrogens with zero attached hydrogens (tertiary/aromatic N) is 4. The van der Waals surface area contributed by atoms with Gasteiger partial charge in [-0.15, -0.1) is 5.10 Å². The molecule has 3 rings (SSSR count). The minimum Gasteiger partial charge on any atom is -0.332 e. The van der Waals surface area contributed by atoms with Crippen molar-refractivity contribution >= 4 is 17.5 Å². The molecule has 1 unspecified atom stereocenters. The number of aryl methyl sites for hydroxylation is 1. The van der Waals surface area contributed by atoms with Crippen LogP contribution >= 0.6 is 11.6 Å². The number of benzene rings is 1. The minimum atomic E-state index is -0.147. The Balaban J connectivity index is 1.97. The standard InChI is InChI=1S/C17H22ClN5O/c1-2-6-15-20-16(17(24)22-10-5-7-12(22)11-19)21-23(15)14-9-4-3-8-13(14)18/h3-4,8-9,12H,2,5-7,10-11,19H2,1H3. The molecule has 0 aliphatic carbocycles. The van der Waals surface area contributed by atoms with Crippen molar-refractivity contribution < 1.29 is 4.79 Å². The highest BCUT2D eigenvalue weighted by Gasteiger charge is 2.31. The third-order valence-corrected chi connectivity index (χ3v) is 4.65. The van der Waals surface area contributed by atoms with Crippen molar-refractivity contribution in [1.29, 1.82) is 0 Å². The van der Waals surface area contributed by atoms with Crippen molar-refractivity contribution in [2.45, 2.75) is 38.6 Å². The lowest BCUT2D eigenvalue weighted by Crippen LogP contribution is -2.40. The summed E-state index contributed by atoms with van der Waals surface area (Å²) >= 11 is 6.29. The number of rotatable bonds is 5. The Morgan fingerprint density at radius 3 is 2.92 bits per heavy atom. The summed E-state index contributed by atoms with van der Waals surface area (Å²) in [7, 11) is 0. The number of carbonyl (C=O) groups is 1. The Labute approximate surface area is 146 Å². The van der Waals surface area contributed by atoms with Gasteiger partial charge < -0.3 is 10.6 Å². The third kappa shape index (κ3) is 3.16. The molecule has 2 N–H and O–H groups in total. The SMILES string of the molecule is CCCc1nc(C(=O)N2CCCC2CN)nn1-c1ccccc1Cl. The van der Waals surface area contributed by atoms with E-state index in [1.54, 1.807) is 15.6 Å². The van der Waals surface area contributed by atoms with Crippen LogP contribution in [0.25, 0.3) is 5.69 Å². The van der Waals surface area contributed by atoms with Gasteiger partial charge in [-0.3, -0.25) is 4.79 Å². The Kier molecular flexibility index (Phi) is 5.16. The molecule has 128 valence electrons. The van der Waals surface area contributed by atoms with Crippen molar-refractivity contribution in [2.24, 2.45) is 5.73 Å². The number of likely N-dealkylation sites (tertiary alicyclic amines) is 1. The van der Waals surface area contributed by atoms with Crippen LogP contribution in [0.15, 0.2) is 24.3 Å². The van der Waals surface area contributed by atoms with Crippen LogP contribution in [-0.2, 0) is 6.42 Å². The number of amides is 1. The fourth-order valence-electron chi connectivity index (χ4n) is 3.11. The van der Waals surface area contributed by atoms with E-state index in [1.165, 1.54) is 0 Å². The molecule has 7 heteroatoms. The molecule has 1 aromatic carbocycles. The first-order valence-corrected chi connectivity index (χ1v) is 8.75. The van der Waals surface area contributed by atoms with Gasteiger partial charge in [-0.05, 0) is 31.4 Å². The van der Waals surface area contributed by atoms with Crippen LogP contribution in [-0.4, -0.2) is 44.7 Å². The summed E-state index contributed by atoms with van der Waals surface area (Å²) < 4.78 is 1.69. The summed E-state index contributed by atoms with van der Waals surface area (Å²) in [6, 6.07) is 7.53. The Hall–Kier alpha value is -1.92. The fraction of sp³-hybridized carbons (Fsp3) is 0.471. The van der Waals surface area contributed by atoms with Crippen LogP contribution in [0.5, 0.6) is 0 Å². The van der Waals surface area contributed by atoms with E-state index >= 15 is 0 Å². The molecule has 0 radical (unpaired) electrons. The predicted molar refractivity (Wildman–Crippen MR) is 93.5 cm³/mol. The largest absolute Gasteiger partial charge is 0.332 e. The Bertz CT molecular complexity index is 730. The lowest BCUT2D eigenvalue weighted by molar-refractivity contribution is 0.0729.